The van der Waals surface area contributed by atoms with Crippen molar-refractivity contribution in [1.29, 1.82) is 0 Å². The van der Waals surface area contributed by atoms with Gasteiger partial charge in [-0.1, -0.05) is 6.07 Å². The van der Waals surface area contributed by atoms with Gasteiger partial charge in [0, 0.05) is 12.1 Å². The van der Waals surface area contributed by atoms with Crippen LogP contribution in [0.5, 0.6) is 0 Å². The molecule has 1 aromatic rings. The molecule has 0 spiro atoms. The molecule has 5 nitrogen and oxygen atoms in total. The van der Waals surface area contributed by atoms with Crippen molar-refractivity contribution in [3.05, 3.63) is 34.4 Å². The molecule has 1 aliphatic rings. The molecule has 18 heavy (non-hydrogen) atoms. The first-order valence-corrected chi connectivity index (χ1v) is 5.81. The predicted molar refractivity (Wildman–Crippen MR) is 66.1 cm³/mol. The fraction of sp³-hybridized carbons (Fsp3) is 0.385. The first kappa shape index (κ1) is 12.6. The molecule has 3 N–H and O–H groups in total. The van der Waals surface area contributed by atoms with Crippen LogP contribution in [0.25, 0.3) is 0 Å². The molecule has 1 fully saturated rings. The average Bonchev–Trinajstić information content (AvgIpc) is 2.31. The number of carbonyl (C=O) groups excluding carboxylic acids is 2. The predicted octanol–water partition coefficient (Wildman–Crippen LogP) is 0.590. The largest absolute Gasteiger partial charge is 0.366 e. The SMILES string of the molecule is Cc1ccc(C(N)=O)c(C)c1C1OCCNC1=O. The Hall–Kier alpha value is -1.88. The minimum absolute atomic E-state index is 0.172. The number of nitrogens with two attached hydrogens (primary N) is 1. The third kappa shape index (κ3) is 2.09. The van der Waals surface area contributed by atoms with E-state index < -0.39 is 12.0 Å². The molecule has 0 aromatic heterocycles. The van der Waals surface area contributed by atoms with Gasteiger partial charge in [-0.25, -0.2) is 0 Å². The molecule has 96 valence electrons. The smallest absolute Gasteiger partial charge is 0.253 e. The standard InChI is InChI=1S/C13H16N2O3/c1-7-3-4-9(12(14)16)8(2)10(7)11-13(17)15-5-6-18-11/h3-4,11H,5-6H2,1-2H3,(H2,14,16)(H,15,17). The summed E-state index contributed by atoms with van der Waals surface area (Å²) in [7, 11) is 0. The van der Waals surface area contributed by atoms with Crippen LogP contribution in [0.4, 0.5) is 0 Å². The summed E-state index contributed by atoms with van der Waals surface area (Å²) < 4.78 is 5.51. The first-order chi connectivity index (χ1) is 8.52. The minimum Gasteiger partial charge on any atom is -0.366 e. The molecule has 1 heterocycles. The Bertz CT molecular complexity index is 511. The second kappa shape index (κ2) is 4.78. The summed E-state index contributed by atoms with van der Waals surface area (Å²) in [6, 6.07) is 3.46. The molecule has 5 heteroatoms. The summed E-state index contributed by atoms with van der Waals surface area (Å²) >= 11 is 0. The van der Waals surface area contributed by atoms with Gasteiger partial charge in [-0.15, -0.1) is 0 Å². The molecule has 0 saturated carbocycles. The summed E-state index contributed by atoms with van der Waals surface area (Å²) in [5.74, 6) is -0.668. The second-order valence-electron chi connectivity index (χ2n) is 4.37. The third-order valence-electron chi connectivity index (χ3n) is 3.18. The summed E-state index contributed by atoms with van der Waals surface area (Å²) in [5, 5.41) is 2.75. The number of rotatable bonds is 2. The van der Waals surface area contributed by atoms with E-state index in [0.717, 1.165) is 11.1 Å². The molecule has 0 radical (unpaired) electrons. The summed E-state index contributed by atoms with van der Waals surface area (Å²) in [6.07, 6.45) is -0.655. The van der Waals surface area contributed by atoms with Gasteiger partial charge in [0.1, 0.15) is 0 Å². The van der Waals surface area contributed by atoms with Crippen molar-refractivity contribution in [2.75, 3.05) is 13.2 Å². The quantitative estimate of drug-likeness (QED) is 0.803. The molecule has 2 rings (SSSR count). The molecule has 1 atom stereocenters. The van der Waals surface area contributed by atoms with E-state index in [0.29, 0.717) is 24.3 Å². The zero-order valence-electron chi connectivity index (χ0n) is 10.4. The Morgan fingerprint density at radius 1 is 1.44 bits per heavy atom. The van der Waals surface area contributed by atoms with Gasteiger partial charge >= 0.3 is 0 Å². The molecule has 0 aliphatic carbocycles. The van der Waals surface area contributed by atoms with Crippen LogP contribution in [0.2, 0.25) is 0 Å². The zero-order valence-corrected chi connectivity index (χ0v) is 10.4. The molecule has 1 aromatic carbocycles. The van der Waals surface area contributed by atoms with Crippen LogP contribution in [0.1, 0.15) is 33.2 Å². The fourth-order valence-electron chi connectivity index (χ4n) is 2.27. The maximum absolute atomic E-state index is 11.8. The van der Waals surface area contributed by atoms with Gasteiger partial charge in [0.25, 0.3) is 5.91 Å². The van der Waals surface area contributed by atoms with Gasteiger partial charge in [-0.05, 0) is 36.6 Å². The monoisotopic (exact) mass is 248 g/mol. The number of nitrogens with one attached hydrogen (secondary N) is 1. The van der Waals surface area contributed by atoms with Gasteiger partial charge in [-0.3, -0.25) is 9.59 Å². The Labute approximate surface area is 105 Å². The lowest BCUT2D eigenvalue weighted by molar-refractivity contribution is -0.138. The highest BCUT2D eigenvalue weighted by Gasteiger charge is 2.28. The number of ether oxygens (including phenoxy) is 1. The van der Waals surface area contributed by atoms with Crippen molar-refractivity contribution < 1.29 is 14.3 Å². The summed E-state index contributed by atoms with van der Waals surface area (Å²) in [4.78, 5) is 23.2. The maximum atomic E-state index is 11.8. The molecule has 1 unspecified atom stereocenters. The van der Waals surface area contributed by atoms with Crippen molar-refractivity contribution in [2.45, 2.75) is 20.0 Å². The van der Waals surface area contributed by atoms with Crippen molar-refractivity contribution >= 4 is 11.8 Å². The Morgan fingerprint density at radius 3 is 2.78 bits per heavy atom. The average molecular weight is 248 g/mol. The van der Waals surface area contributed by atoms with Crippen LogP contribution in [0, 0.1) is 13.8 Å². The zero-order chi connectivity index (χ0) is 13.3. The van der Waals surface area contributed by atoms with E-state index in [-0.39, 0.29) is 5.91 Å². The van der Waals surface area contributed by atoms with Crippen LogP contribution in [0.3, 0.4) is 0 Å². The van der Waals surface area contributed by atoms with Gasteiger partial charge in [0.15, 0.2) is 6.10 Å². The molecule has 1 aliphatic heterocycles. The molecular formula is C13H16N2O3. The number of hydrogen-bond donors (Lipinski definition) is 2. The molecule has 2 amide bonds. The van der Waals surface area contributed by atoms with Gasteiger partial charge < -0.3 is 15.8 Å². The lowest BCUT2D eigenvalue weighted by Crippen LogP contribution is -2.40. The Kier molecular flexibility index (Phi) is 3.34. The first-order valence-electron chi connectivity index (χ1n) is 5.81. The number of aryl methyl sites for hydroxylation is 1. The van der Waals surface area contributed by atoms with E-state index >= 15 is 0 Å². The van der Waals surface area contributed by atoms with Gasteiger partial charge in [-0.2, -0.15) is 0 Å². The highest BCUT2D eigenvalue weighted by Crippen LogP contribution is 2.28. The highest BCUT2D eigenvalue weighted by molar-refractivity contribution is 5.95. The van der Waals surface area contributed by atoms with Crippen LogP contribution < -0.4 is 11.1 Å². The van der Waals surface area contributed by atoms with Crippen LogP contribution >= 0.6 is 0 Å². The Balaban J connectivity index is 2.51. The number of hydrogen-bond acceptors (Lipinski definition) is 3. The van der Waals surface area contributed by atoms with Crippen molar-refractivity contribution in [3.8, 4) is 0 Å². The fourth-order valence-corrected chi connectivity index (χ4v) is 2.27. The van der Waals surface area contributed by atoms with Crippen molar-refractivity contribution in [1.82, 2.24) is 5.32 Å². The summed E-state index contributed by atoms with van der Waals surface area (Å²) in [6.45, 7) is 4.66. The van der Waals surface area contributed by atoms with E-state index in [1.54, 1.807) is 19.1 Å². The van der Waals surface area contributed by atoms with Gasteiger partial charge in [0.05, 0.1) is 6.61 Å². The van der Waals surface area contributed by atoms with Crippen LogP contribution in [0.15, 0.2) is 12.1 Å². The highest BCUT2D eigenvalue weighted by atomic mass is 16.5. The third-order valence-corrected chi connectivity index (χ3v) is 3.18. The van der Waals surface area contributed by atoms with Crippen LogP contribution in [-0.4, -0.2) is 25.0 Å². The lowest BCUT2D eigenvalue weighted by Gasteiger charge is -2.26. The van der Waals surface area contributed by atoms with Crippen LogP contribution in [-0.2, 0) is 9.53 Å². The lowest BCUT2D eigenvalue weighted by atomic mass is 9.92. The minimum atomic E-state index is -0.655. The number of morpholine rings is 1. The number of carbonyl (C=O) groups is 2. The maximum Gasteiger partial charge on any atom is 0.253 e. The van der Waals surface area contributed by atoms with Crippen molar-refractivity contribution in [3.63, 3.8) is 0 Å². The van der Waals surface area contributed by atoms with E-state index in [1.807, 2.05) is 6.92 Å². The number of benzene rings is 1. The number of primary amides is 1. The normalized spacial score (nSPS) is 19.4. The number of amides is 2. The second-order valence-corrected chi connectivity index (χ2v) is 4.37. The summed E-state index contributed by atoms with van der Waals surface area (Å²) in [5.41, 5.74) is 8.11. The Morgan fingerprint density at radius 2 is 2.17 bits per heavy atom. The molecular weight excluding hydrogens is 232 g/mol. The topological polar surface area (TPSA) is 81.4 Å². The van der Waals surface area contributed by atoms with Gasteiger partial charge in [0.2, 0.25) is 5.91 Å². The van der Waals surface area contributed by atoms with E-state index in [2.05, 4.69) is 5.32 Å². The van der Waals surface area contributed by atoms with E-state index in [1.165, 1.54) is 0 Å². The molecule has 0 bridgehead atoms. The molecule has 1 saturated heterocycles. The van der Waals surface area contributed by atoms with Crippen molar-refractivity contribution in [2.24, 2.45) is 5.73 Å². The van der Waals surface area contributed by atoms with E-state index in [9.17, 15) is 9.59 Å². The van der Waals surface area contributed by atoms with E-state index in [4.69, 9.17) is 10.5 Å².